The van der Waals surface area contributed by atoms with E-state index < -0.39 is 5.82 Å². The molecule has 2 N–H and O–H groups in total. The van der Waals surface area contributed by atoms with Crippen molar-refractivity contribution in [3.05, 3.63) is 36.2 Å². The third-order valence-electron chi connectivity index (χ3n) is 3.63. The fourth-order valence-electron chi connectivity index (χ4n) is 2.63. The number of nitrogens with one attached hydrogen (secondary N) is 1. The van der Waals surface area contributed by atoms with Crippen LogP contribution in [0.15, 0.2) is 24.8 Å². The summed E-state index contributed by atoms with van der Waals surface area (Å²) < 4.78 is 18.8. The molecule has 0 spiro atoms. The lowest BCUT2D eigenvalue weighted by atomic mass is 9.99. The maximum atomic E-state index is 13.7. The highest BCUT2D eigenvalue weighted by Crippen LogP contribution is 2.38. The number of rotatable bonds is 5. The molecule has 1 aromatic carbocycles. The quantitative estimate of drug-likeness (QED) is 0.810. The number of nitrogens with zero attached hydrogens (tertiary/aromatic N) is 1. The average molecular weight is 280 g/mol. The first kappa shape index (κ1) is 14.8. The standard InChI is InChI=1S/C15H21FN2O2/c1-3-4-13(18-7-5-17-6-8-18)12-9-11(16)10-14(20-2)15(12)19/h3,9-10,13,17,19H,1,4-8H2,2H3/t13-/m1/s1. The zero-order chi connectivity index (χ0) is 14.5. The predicted molar refractivity (Wildman–Crippen MR) is 76.6 cm³/mol. The normalized spacial score (nSPS) is 17.7. The third kappa shape index (κ3) is 3.11. The second-order valence-electron chi connectivity index (χ2n) is 4.87. The highest BCUT2D eigenvalue weighted by atomic mass is 19.1. The van der Waals surface area contributed by atoms with Crippen molar-refractivity contribution in [2.45, 2.75) is 12.5 Å². The van der Waals surface area contributed by atoms with Gasteiger partial charge in [0.25, 0.3) is 0 Å². The van der Waals surface area contributed by atoms with Crippen LogP contribution in [-0.2, 0) is 0 Å². The summed E-state index contributed by atoms with van der Waals surface area (Å²) in [6.45, 7) is 7.26. The Labute approximate surface area is 118 Å². The molecule has 1 atom stereocenters. The molecule has 110 valence electrons. The van der Waals surface area contributed by atoms with Gasteiger partial charge in [0.15, 0.2) is 11.5 Å². The molecule has 4 nitrogen and oxygen atoms in total. The van der Waals surface area contributed by atoms with Crippen molar-refractivity contribution in [3.8, 4) is 11.5 Å². The minimum Gasteiger partial charge on any atom is -0.504 e. The first-order valence-electron chi connectivity index (χ1n) is 6.79. The first-order chi connectivity index (χ1) is 9.67. The number of hydrogen-bond acceptors (Lipinski definition) is 4. The second-order valence-corrected chi connectivity index (χ2v) is 4.87. The Morgan fingerprint density at radius 2 is 2.20 bits per heavy atom. The molecule has 5 heteroatoms. The van der Waals surface area contributed by atoms with Crippen molar-refractivity contribution in [3.63, 3.8) is 0 Å². The van der Waals surface area contributed by atoms with E-state index in [1.165, 1.54) is 19.2 Å². The summed E-state index contributed by atoms with van der Waals surface area (Å²) in [6.07, 6.45) is 2.45. The number of piperazine rings is 1. The summed E-state index contributed by atoms with van der Waals surface area (Å²) in [6, 6.07) is 2.49. The molecule has 0 amide bonds. The van der Waals surface area contributed by atoms with E-state index in [4.69, 9.17) is 4.74 Å². The van der Waals surface area contributed by atoms with Gasteiger partial charge in [0.05, 0.1) is 7.11 Å². The Morgan fingerprint density at radius 1 is 1.50 bits per heavy atom. The number of aromatic hydroxyl groups is 1. The van der Waals surface area contributed by atoms with Crippen molar-refractivity contribution in [1.82, 2.24) is 10.2 Å². The van der Waals surface area contributed by atoms with E-state index in [9.17, 15) is 9.50 Å². The smallest absolute Gasteiger partial charge is 0.163 e. The molecule has 20 heavy (non-hydrogen) atoms. The molecular formula is C15H21FN2O2. The Balaban J connectivity index is 2.37. The van der Waals surface area contributed by atoms with E-state index in [0.29, 0.717) is 12.0 Å². The number of benzene rings is 1. The topological polar surface area (TPSA) is 44.7 Å². The average Bonchev–Trinajstić information content (AvgIpc) is 2.48. The third-order valence-corrected chi connectivity index (χ3v) is 3.63. The van der Waals surface area contributed by atoms with Crippen LogP contribution in [0.4, 0.5) is 4.39 Å². The SMILES string of the molecule is C=CC[C@H](c1cc(F)cc(OC)c1O)N1CCNCC1. The largest absolute Gasteiger partial charge is 0.504 e. The van der Waals surface area contributed by atoms with Gasteiger partial charge in [0.2, 0.25) is 0 Å². The van der Waals surface area contributed by atoms with Crippen LogP contribution in [0.2, 0.25) is 0 Å². The summed E-state index contributed by atoms with van der Waals surface area (Å²) in [7, 11) is 1.42. The molecular weight excluding hydrogens is 259 g/mol. The van der Waals surface area contributed by atoms with Crippen LogP contribution in [-0.4, -0.2) is 43.3 Å². The highest BCUT2D eigenvalue weighted by molar-refractivity contribution is 5.47. The number of phenolic OH excluding ortho intramolecular Hbond substituents is 1. The minimum absolute atomic E-state index is 0.0132. The summed E-state index contributed by atoms with van der Waals surface area (Å²) >= 11 is 0. The van der Waals surface area contributed by atoms with E-state index in [1.54, 1.807) is 6.08 Å². The van der Waals surface area contributed by atoms with E-state index in [0.717, 1.165) is 26.2 Å². The van der Waals surface area contributed by atoms with Crippen LogP contribution >= 0.6 is 0 Å². The molecule has 1 aliphatic rings. The van der Waals surface area contributed by atoms with E-state index in [1.807, 2.05) is 0 Å². The Hall–Kier alpha value is -1.59. The predicted octanol–water partition coefficient (Wildman–Crippen LogP) is 2.06. The molecule has 0 saturated carbocycles. The van der Waals surface area contributed by atoms with Gasteiger partial charge in [-0.25, -0.2) is 4.39 Å². The maximum absolute atomic E-state index is 13.7. The summed E-state index contributed by atoms with van der Waals surface area (Å²) in [5.41, 5.74) is 0.559. The van der Waals surface area contributed by atoms with Crippen molar-refractivity contribution in [1.29, 1.82) is 0 Å². The van der Waals surface area contributed by atoms with Crippen molar-refractivity contribution in [2.24, 2.45) is 0 Å². The highest BCUT2D eigenvalue weighted by Gasteiger charge is 2.25. The Kier molecular flexibility index (Phi) is 4.98. The minimum atomic E-state index is -0.404. The molecule has 0 aromatic heterocycles. The van der Waals surface area contributed by atoms with E-state index in [-0.39, 0.29) is 17.5 Å². The van der Waals surface area contributed by atoms with Crippen LogP contribution in [0.3, 0.4) is 0 Å². The van der Waals surface area contributed by atoms with Crippen LogP contribution < -0.4 is 10.1 Å². The summed E-state index contributed by atoms with van der Waals surface area (Å²) in [5, 5.41) is 13.6. The van der Waals surface area contributed by atoms with Gasteiger partial charge >= 0.3 is 0 Å². The van der Waals surface area contributed by atoms with Crippen LogP contribution in [0.1, 0.15) is 18.0 Å². The molecule has 1 fully saturated rings. The van der Waals surface area contributed by atoms with Gasteiger partial charge in [0, 0.05) is 43.9 Å². The fourth-order valence-corrected chi connectivity index (χ4v) is 2.63. The lowest BCUT2D eigenvalue weighted by molar-refractivity contribution is 0.171. The molecule has 1 heterocycles. The zero-order valence-electron chi connectivity index (χ0n) is 11.7. The molecule has 0 unspecified atom stereocenters. The number of methoxy groups -OCH3 is 1. The van der Waals surface area contributed by atoms with Gasteiger partial charge in [-0.3, -0.25) is 4.90 Å². The van der Waals surface area contributed by atoms with Crippen LogP contribution in [0.25, 0.3) is 0 Å². The summed E-state index contributed by atoms with van der Waals surface area (Å²) in [4.78, 5) is 2.23. The molecule has 2 rings (SSSR count). The molecule has 1 saturated heterocycles. The lowest BCUT2D eigenvalue weighted by Crippen LogP contribution is -2.45. The van der Waals surface area contributed by atoms with Gasteiger partial charge in [0.1, 0.15) is 5.82 Å². The molecule has 1 aliphatic heterocycles. The molecule has 0 radical (unpaired) electrons. The number of halogens is 1. The van der Waals surface area contributed by atoms with Crippen LogP contribution in [0.5, 0.6) is 11.5 Å². The lowest BCUT2D eigenvalue weighted by Gasteiger charge is -2.35. The Morgan fingerprint density at radius 3 is 2.80 bits per heavy atom. The van der Waals surface area contributed by atoms with Gasteiger partial charge in [-0.1, -0.05) is 6.08 Å². The number of hydrogen-bond donors (Lipinski definition) is 2. The zero-order valence-corrected chi connectivity index (χ0v) is 11.7. The van der Waals surface area contributed by atoms with E-state index in [2.05, 4.69) is 16.8 Å². The fraction of sp³-hybridized carbons (Fsp3) is 0.467. The summed E-state index contributed by atoms with van der Waals surface area (Å²) in [5.74, 6) is -0.220. The first-order valence-corrected chi connectivity index (χ1v) is 6.79. The van der Waals surface area contributed by atoms with E-state index >= 15 is 0 Å². The van der Waals surface area contributed by atoms with Crippen LogP contribution in [0, 0.1) is 5.82 Å². The number of phenols is 1. The number of ether oxygens (including phenoxy) is 1. The van der Waals surface area contributed by atoms with Gasteiger partial charge in [-0.2, -0.15) is 0 Å². The van der Waals surface area contributed by atoms with Gasteiger partial charge in [-0.05, 0) is 12.5 Å². The van der Waals surface area contributed by atoms with Crippen molar-refractivity contribution in [2.75, 3.05) is 33.3 Å². The van der Waals surface area contributed by atoms with Gasteiger partial charge in [-0.15, -0.1) is 6.58 Å². The Bertz CT molecular complexity index is 473. The monoisotopic (exact) mass is 280 g/mol. The maximum Gasteiger partial charge on any atom is 0.163 e. The second kappa shape index (κ2) is 6.72. The molecule has 1 aromatic rings. The van der Waals surface area contributed by atoms with Crippen molar-refractivity contribution >= 4 is 0 Å². The van der Waals surface area contributed by atoms with Gasteiger partial charge < -0.3 is 15.2 Å². The molecule has 0 aliphatic carbocycles. The van der Waals surface area contributed by atoms with Crippen molar-refractivity contribution < 1.29 is 14.2 Å². The molecule has 0 bridgehead atoms.